The molecular weight excluding hydrogens is 346 g/mol. The molecule has 21 heavy (non-hydrogen) atoms. The first kappa shape index (κ1) is 16.0. The molecule has 0 spiro atoms. The highest BCUT2D eigenvalue weighted by Gasteiger charge is 2.08. The monoisotopic (exact) mass is 363 g/mol. The molecule has 0 saturated heterocycles. The van der Waals surface area contributed by atoms with E-state index in [1.54, 1.807) is 17.4 Å². The maximum Gasteiger partial charge on any atom is 0.248 e. The fourth-order valence-corrected chi connectivity index (χ4v) is 3.47. The van der Waals surface area contributed by atoms with Gasteiger partial charge < -0.3 is 5.32 Å². The Bertz CT molecular complexity index is 638. The highest BCUT2D eigenvalue weighted by molar-refractivity contribution is 9.11. The Labute approximate surface area is 138 Å². The van der Waals surface area contributed by atoms with Crippen molar-refractivity contribution in [2.45, 2.75) is 26.7 Å². The van der Waals surface area contributed by atoms with E-state index >= 15 is 0 Å². The normalized spacial score (nSPS) is 11.0. The lowest BCUT2D eigenvalue weighted by molar-refractivity contribution is -0.111. The minimum Gasteiger partial charge on any atom is -0.322 e. The maximum absolute atomic E-state index is 12.1. The molecule has 4 heteroatoms. The van der Waals surface area contributed by atoms with Gasteiger partial charge in [-0.2, -0.15) is 0 Å². The number of carbonyl (C=O) groups is 1. The fraction of sp³-hybridized carbons (Fsp3) is 0.235. The third-order valence-electron chi connectivity index (χ3n) is 3.24. The lowest BCUT2D eigenvalue weighted by Gasteiger charge is -2.13. The van der Waals surface area contributed by atoms with Gasteiger partial charge in [0.15, 0.2) is 0 Å². The van der Waals surface area contributed by atoms with Crippen LogP contribution in [0.1, 0.15) is 29.9 Å². The van der Waals surface area contributed by atoms with Crippen molar-refractivity contribution in [3.05, 3.63) is 56.2 Å². The quantitative estimate of drug-likeness (QED) is 0.718. The first-order valence-electron chi connectivity index (χ1n) is 6.99. The smallest absolute Gasteiger partial charge is 0.248 e. The number of thiophene rings is 1. The Hall–Kier alpha value is -1.39. The van der Waals surface area contributed by atoms with Gasteiger partial charge in [-0.3, -0.25) is 4.79 Å². The second-order valence-corrected chi connectivity index (χ2v) is 7.12. The maximum atomic E-state index is 12.1. The summed E-state index contributed by atoms with van der Waals surface area (Å²) < 4.78 is 1.06. The molecule has 0 saturated carbocycles. The molecule has 0 radical (unpaired) electrons. The molecule has 1 aromatic heterocycles. The average molecular weight is 364 g/mol. The number of aryl methyl sites for hydroxylation is 2. The minimum atomic E-state index is -0.0878. The van der Waals surface area contributed by atoms with Gasteiger partial charge in [0.1, 0.15) is 0 Å². The average Bonchev–Trinajstić information content (AvgIpc) is 2.91. The summed E-state index contributed by atoms with van der Waals surface area (Å²) in [5.74, 6) is -0.0878. The summed E-state index contributed by atoms with van der Waals surface area (Å²) in [5, 5.41) is 3.03. The molecule has 0 bridgehead atoms. The predicted molar refractivity (Wildman–Crippen MR) is 94.9 cm³/mol. The van der Waals surface area contributed by atoms with Crippen LogP contribution in [-0.4, -0.2) is 5.91 Å². The number of amides is 1. The fourth-order valence-electron chi connectivity index (χ4n) is 2.14. The van der Waals surface area contributed by atoms with Gasteiger partial charge in [-0.1, -0.05) is 32.0 Å². The summed E-state index contributed by atoms with van der Waals surface area (Å²) in [7, 11) is 0. The first-order valence-corrected chi connectivity index (χ1v) is 8.60. The third-order valence-corrected chi connectivity index (χ3v) is 4.83. The summed E-state index contributed by atoms with van der Waals surface area (Å²) in [6.07, 6.45) is 5.24. The van der Waals surface area contributed by atoms with Gasteiger partial charge in [-0.05, 0) is 58.1 Å². The zero-order chi connectivity index (χ0) is 15.2. The number of hydrogen-bond donors (Lipinski definition) is 1. The molecule has 110 valence electrons. The van der Waals surface area contributed by atoms with Crippen LogP contribution in [0.15, 0.2) is 40.2 Å². The number of hydrogen-bond acceptors (Lipinski definition) is 2. The standard InChI is InChI=1S/C17H18BrNOS/c1-3-12-6-5-7-13(4-2)17(12)19-16(20)11-9-14-8-10-15(18)21-14/h5-11H,3-4H2,1-2H3,(H,19,20)/b11-9+. The Balaban J connectivity index is 2.14. The highest BCUT2D eigenvalue weighted by atomic mass is 79.9. The van der Waals surface area contributed by atoms with Crippen LogP contribution in [0.4, 0.5) is 5.69 Å². The topological polar surface area (TPSA) is 29.1 Å². The number of para-hydroxylation sites is 1. The predicted octanol–water partition coefficient (Wildman–Crippen LogP) is 5.29. The van der Waals surface area contributed by atoms with Crippen LogP contribution in [0.5, 0.6) is 0 Å². The van der Waals surface area contributed by atoms with Crippen molar-refractivity contribution in [1.82, 2.24) is 0 Å². The second kappa shape index (κ2) is 7.57. The molecule has 2 nitrogen and oxygen atoms in total. The van der Waals surface area contributed by atoms with Crippen LogP contribution < -0.4 is 5.32 Å². The van der Waals surface area contributed by atoms with Crippen LogP contribution in [0.25, 0.3) is 6.08 Å². The Morgan fingerprint density at radius 1 is 1.19 bits per heavy atom. The number of benzene rings is 1. The first-order chi connectivity index (χ1) is 10.1. The van der Waals surface area contributed by atoms with E-state index in [1.165, 1.54) is 11.1 Å². The number of anilines is 1. The third kappa shape index (κ3) is 4.29. The Morgan fingerprint density at radius 3 is 2.38 bits per heavy atom. The molecule has 0 fully saturated rings. The number of nitrogens with one attached hydrogen (secondary N) is 1. The number of carbonyl (C=O) groups excluding carboxylic acids is 1. The lowest BCUT2D eigenvalue weighted by atomic mass is 10.0. The van der Waals surface area contributed by atoms with E-state index in [1.807, 2.05) is 24.3 Å². The SMILES string of the molecule is CCc1cccc(CC)c1NC(=O)/C=C/c1ccc(Br)s1. The lowest BCUT2D eigenvalue weighted by Crippen LogP contribution is -2.11. The minimum absolute atomic E-state index is 0.0878. The molecule has 0 atom stereocenters. The molecule has 2 rings (SSSR count). The summed E-state index contributed by atoms with van der Waals surface area (Å²) in [6, 6.07) is 10.1. The van der Waals surface area contributed by atoms with E-state index in [-0.39, 0.29) is 5.91 Å². The van der Waals surface area contributed by atoms with Gasteiger partial charge in [0.2, 0.25) is 5.91 Å². The second-order valence-electron chi connectivity index (χ2n) is 4.62. The number of halogens is 1. The van der Waals surface area contributed by atoms with Gasteiger partial charge in [0.05, 0.1) is 3.79 Å². The van der Waals surface area contributed by atoms with E-state index in [0.717, 1.165) is 27.2 Å². The molecular formula is C17H18BrNOS. The van der Waals surface area contributed by atoms with Crippen molar-refractivity contribution < 1.29 is 4.79 Å². The van der Waals surface area contributed by atoms with Crippen molar-refractivity contribution in [1.29, 1.82) is 0 Å². The van der Waals surface area contributed by atoms with Gasteiger partial charge in [-0.25, -0.2) is 0 Å². The summed E-state index contributed by atoms with van der Waals surface area (Å²) in [6.45, 7) is 4.20. The van der Waals surface area contributed by atoms with Crippen LogP contribution in [0.2, 0.25) is 0 Å². The zero-order valence-corrected chi connectivity index (χ0v) is 14.6. The number of rotatable bonds is 5. The van der Waals surface area contributed by atoms with Crippen LogP contribution in [-0.2, 0) is 17.6 Å². The Kier molecular flexibility index (Phi) is 5.76. The molecule has 1 N–H and O–H groups in total. The molecule has 1 heterocycles. The molecule has 0 aliphatic carbocycles. The van der Waals surface area contributed by atoms with E-state index in [0.29, 0.717) is 0 Å². The van der Waals surface area contributed by atoms with E-state index < -0.39 is 0 Å². The summed E-state index contributed by atoms with van der Waals surface area (Å²) in [4.78, 5) is 13.2. The van der Waals surface area contributed by atoms with E-state index in [2.05, 4.69) is 47.2 Å². The summed E-state index contributed by atoms with van der Waals surface area (Å²) >= 11 is 5.02. The molecule has 0 aliphatic heterocycles. The summed E-state index contributed by atoms with van der Waals surface area (Å²) in [5.41, 5.74) is 3.31. The highest BCUT2D eigenvalue weighted by Crippen LogP contribution is 2.24. The van der Waals surface area contributed by atoms with Crippen molar-refractivity contribution in [2.75, 3.05) is 5.32 Å². The van der Waals surface area contributed by atoms with Crippen LogP contribution in [0, 0.1) is 0 Å². The molecule has 0 unspecified atom stereocenters. The molecule has 0 aliphatic rings. The van der Waals surface area contributed by atoms with Crippen molar-refractivity contribution in [3.63, 3.8) is 0 Å². The van der Waals surface area contributed by atoms with Crippen molar-refractivity contribution in [2.24, 2.45) is 0 Å². The van der Waals surface area contributed by atoms with Gasteiger partial charge >= 0.3 is 0 Å². The van der Waals surface area contributed by atoms with Crippen molar-refractivity contribution >= 4 is 44.9 Å². The van der Waals surface area contributed by atoms with Crippen LogP contribution in [0.3, 0.4) is 0 Å². The van der Waals surface area contributed by atoms with E-state index in [9.17, 15) is 4.79 Å². The molecule has 2 aromatic rings. The zero-order valence-electron chi connectivity index (χ0n) is 12.2. The van der Waals surface area contributed by atoms with Gasteiger partial charge in [0.25, 0.3) is 0 Å². The molecule has 1 aromatic carbocycles. The largest absolute Gasteiger partial charge is 0.322 e. The van der Waals surface area contributed by atoms with Crippen LogP contribution >= 0.6 is 27.3 Å². The van der Waals surface area contributed by atoms with E-state index in [4.69, 9.17) is 0 Å². The van der Waals surface area contributed by atoms with Gasteiger partial charge in [0, 0.05) is 16.6 Å². The molecule has 1 amide bonds. The van der Waals surface area contributed by atoms with Crippen molar-refractivity contribution in [3.8, 4) is 0 Å². The Morgan fingerprint density at radius 2 is 1.86 bits per heavy atom. The van der Waals surface area contributed by atoms with Gasteiger partial charge in [-0.15, -0.1) is 11.3 Å².